The summed E-state index contributed by atoms with van der Waals surface area (Å²) in [5, 5.41) is 13.3. The minimum Gasteiger partial charge on any atom is -0.550 e. The molecule has 1 rings (SSSR count). The van der Waals surface area contributed by atoms with Crippen LogP contribution in [0.3, 0.4) is 0 Å². The van der Waals surface area contributed by atoms with Gasteiger partial charge in [0.1, 0.15) is 5.60 Å². The molecule has 0 saturated heterocycles. The fourth-order valence-corrected chi connectivity index (χ4v) is 1.83. The summed E-state index contributed by atoms with van der Waals surface area (Å²) in [5.41, 5.74) is 0.0267. The van der Waals surface area contributed by atoms with Crippen molar-refractivity contribution in [2.24, 2.45) is 0 Å². The number of hydrogen-bond donors (Lipinski definition) is 1. The lowest BCUT2D eigenvalue weighted by atomic mass is 10.0. The summed E-state index contributed by atoms with van der Waals surface area (Å²) < 4.78 is 5.99. The molecular weight excluding hydrogens is 326 g/mol. The highest BCUT2D eigenvalue weighted by molar-refractivity contribution is 9.10. The van der Waals surface area contributed by atoms with Crippen molar-refractivity contribution in [1.82, 2.24) is 5.32 Å². The first kappa shape index (κ1) is 16.5. The molecule has 0 heterocycles. The second-order valence-corrected chi connectivity index (χ2v) is 6.24. The SMILES string of the molecule is CC(C)(C)OC(=O)N[C@@H](CC(=O)[O-])c1ccc(Br)cc1. The molecule has 0 fully saturated rings. The Labute approximate surface area is 126 Å². The first-order valence-corrected chi connectivity index (χ1v) is 6.91. The Morgan fingerprint density at radius 1 is 1.30 bits per heavy atom. The molecule has 1 N–H and O–H groups in total. The van der Waals surface area contributed by atoms with Gasteiger partial charge >= 0.3 is 6.09 Å². The van der Waals surface area contributed by atoms with Crippen LogP contribution >= 0.6 is 15.9 Å². The first-order chi connectivity index (χ1) is 9.17. The quantitative estimate of drug-likeness (QED) is 0.909. The molecule has 5 nitrogen and oxygen atoms in total. The van der Waals surface area contributed by atoms with Crippen LogP contribution in [0.15, 0.2) is 28.7 Å². The number of amides is 1. The van der Waals surface area contributed by atoms with E-state index < -0.39 is 23.7 Å². The molecule has 6 heteroatoms. The van der Waals surface area contributed by atoms with Crippen LogP contribution in [0, 0.1) is 0 Å². The summed E-state index contributed by atoms with van der Waals surface area (Å²) >= 11 is 3.30. The number of carbonyl (C=O) groups excluding carboxylic acids is 2. The van der Waals surface area contributed by atoms with Gasteiger partial charge in [-0.1, -0.05) is 28.1 Å². The van der Waals surface area contributed by atoms with E-state index in [-0.39, 0.29) is 6.42 Å². The third-order valence-electron chi connectivity index (χ3n) is 2.33. The zero-order valence-electron chi connectivity index (χ0n) is 11.6. The Balaban J connectivity index is 2.82. The van der Waals surface area contributed by atoms with E-state index in [0.717, 1.165) is 4.47 Å². The van der Waals surface area contributed by atoms with E-state index in [1.165, 1.54) is 0 Å². The van der Waals surface area contributed by atoms with E-state index in [0.29, 0.717) is 5.56 Å². The predicted molar refractivity (Wildman–Crippen MR) is 75.9 cm³/mol. The van der Waals surface area contributed by atoms with Crippen molar-refractivity contribution in [2.45, 2.75) is 38.8 Å². The third kappa shape index (κ3) is 6.06. The topological polar surface area (TPSA) is 78.5 Å². The summed E-state index contributed by atoms with van der Waals surface area (Å²) in [7, 11) is 0. The van der Waals surface area contributed by atoms with Gasteiger partial charge < -0.3 is 20.0 Å². The van der Waals surface area contributed by atoms with Gasteiger partial charge in [0.15, 0.2) is 0 Å². The predicted octanol–water partition coefficient (Wildman–Crippen LogP) is 2.15. The highest BCUT2D eigenvalue weighted by Gasteiger charge is 2.20. The lowest BCUT2D eigenvalue weighted by Crippen LogP contribution is -2.37. The first-order valence-electron chi connectivity index (χ1n) is 6.12. The van der Waals surface area contributed by atoms with Crippen LogP contribution in [0.1, 0.15) is 38.8 Å². The lowest BCUT2D eigenvalue weighted by molar-refractivity contribution is -0.306. The van der Waals surface area contributed by atoms with Crippen LogP contribution in [0.2, 0.25) is 0 Å². The van der Waals surface area contributed by atoms with Gasteiger partial charge in [-0.25, -0.2) is 4.79 Å². The molecule has 110 valence electrons. The summed E-state index contributed by atoms with van der Waals surface area (Å²) in [6.45, 7) is 5.21. The molecule has 0 unspecified atom stereocenters. The molecule has 20 heavy (non-hydrogen) atoms. The van der Waals surface area contributed by atoms with Gasteiger partial charge in [0, 0.05) is 16.9 Å². The number of carboxylic acids is 1. The highest BCUT2D eigenvalue weighted by atomic mass is 79.9. The van der Waals surface area contributed by atoms with Crippen LogP contribution in [0.25, 0.3) is 0 Å². The monoisotopic (exact) mass is 342 g/mol. The lowest BCUT2D eigenvalue weighted by Gasteiger charge is -2.24. The number of ether oxygens (including phenoxy) is 1. The van der Waals surface area contributed by atoms with Gasteiger partial charge in [-0.2, -0.15) is 0 Å². The Kier molecular flexibility index (Phi) is 5.56. The van der Waals surface area contributed by atoms with Crippen LogP contribution in [-0.2, 0) is 9.53 Å². The molecule has 0 radical (unpaired) electrons. The normalized spacial score (nSPS) is 12.6. The van der Waals surface area contributed by atoms with E-state index in [1.54, 1.807) is 45.0 Å². The molecule has 0 aliphatic heterocycles. The summed E-state index contributed by atoms with van der Waals surface area (Å²) in [4.78, 5) is 22.5. The smallest absolute Gasteiger partial charge is 0.408 e. The van der Waals surface area contributed by atoms with Crippen LogP contribution in [0.4, 0.5) is 4.79 Å². The van der Waals surface area contributed by atoms with Gasteiger partial charge in [-0.15, -0.1) is 0 Å². The van der Waals surface area contributed by atoms with Crippen molar-refractivity contribution in [3.63, 3.8) is 0 Å². The molecule has 0 aromatic heterocycles. The van der Waals surface area contributed by atoms with E-state index in [2.05, 4.69) is 21.2 Å². The van der Waals surface area contributed by atoms with Crippen molar-refractivity contribution in [1.29, 1.82) is 0 Å². The van der Waals surface area contributed by atoms with Crippen molar-refractivity contribution >= 4 is 28.0 Å². The molecule has 1 aromatic carbocycles. The fraction of sp³-hybridized carbons (Fsp3) is 0.429. The van der Waals surface area contributed by atoms with Gasteiger partial charge in [0.25, 0.3) is 0 Å². The van der Waals surface area contributed by atoms with Gasteiger partial charge in [-0.05, 0) is 38.5 Å². The highest BCUT2D eigenvalue weighted by Crippen LogP contribution is 2.20. The number of alkyl carbamates (subject to hydrolysis) is 1. The van der Waals surface area contributed by atoms with Crippen molar-refractivity contribution in [3.05, 3.63) is 34.3 Å². The Hall–Kier alpha value is -1.56. The zero-order valence-corrected chi connectivity index (χ0v) is 13.2. The average Bonchev–Trinajstić information content (AvgIpc) is 2.25. The average molecular weight is 343 g/mol. The summed E-state index contributed by atoms with van der Waals surface area (Å²) in [5.74, 6) is -1.24. The molecule has 0 saturated carbocycles. The van der Waals surface area contributed by atoms with Crippen molar-refractivity contribution < 1.29 is 19.4 Å². The van der Waals surface area contributed by atoms with Crippen molar-refractivity contribution in [2.75, 3.05) is 0 Å². The minimum absolute atomic E-state index is 0.319. The maximum atomic E-state index is 11.7. The molecule has 0 bridgehead atoms. The fourth-order valence-electron chi connectivity index (χ4n) is 1.56. The van der Waals surface area contributed by atoms with E-state index >= 15 is 0 Å². The molecular formula is C14H17BrNO4-. The van der Waals surface area contributed by atoms with E-state index in [4.69, 9.17) is 4.74 Å². The molecule has 1 amide bonds. The van der Waals surface area contributed by atoms with Crippen LogP contribution in [-0.4, -0.2) is 17.7 Å². The second-order valence-electron chi connectivity index (χ2n) is 5.33. The number of aliphatic carboxylic acids is 1. The number of carbonyl (C=O) groups is 2. The molecule has 1 atom stereocenters. The van der Waals surface area contributed by atoms with Crippen LogP contribution in [0.5, 0.6) is 0 Å². The van der Waals surface area contributed by atoms with Gasteiger partial charge in [0.2, 0.25) is 0 Å². The van der Waals surface area contributed by atoms with Gasteiger partial charge in [0.05, 0.1) is 6.04 Å². The largest absolute Gasteiger partial charge is 0.550 e. The number of carboxylic acid groups (broad SMARTS) is 1. The Morgan fingerprint density at radius 2 is 1.85 bits per heavy atom. The van der Waals surface area contributed by atoms with E-state index in [9.17, 15) is 14.7 Å². The second kappa shape index (κ2) is 6.74. The molecule has 0 aliphatic rings. The van der Waals surface area contributed by atoms with Crippen LogP contribution < -0.4 is 10.4 Å². The number of nitrogens with one attached hydrogen (secondary N) is 1. The number of rotatable bonds is 4. The number of hydrogen-bond acceptors (Lipinski definition) is 4. The molecule has 0 spiro atoms. The Bertz CT molecular complexity index is 479. The maximum Gasteiger partial charge on any atom is 0.408 e. The minimum atomic E-state index is -1.24. The number of halogens is 1. The maximum absolute atomic E-state index is 11.7. The summed E-state index contributed by atoms with van der Waals surface area (Å²) in [6.07, 6.45) is -0.979. The summed E-state index contributed by atoms with van der Waals surface area (Å²) in [6, 6.07) is 6.32. The zero-order chi connectivity index (χ0) is 15.3. The standard InChI is InChI=1S/C14H18BrNO4/c1-14(2,3)20-13(19)16-11(8-12(17)18)9-4-6-10(15)7-5-9/h4-7,11H,8H2,1-3H3,(H,16,19)(H,17,18)/p-1/t11-/m0/s1. The number of benzene rings is 1. The molecule has 0 aliphatic carbocycles. The van der Waals surface area contributed by atoms with Crippen molar-refractivity contribution in [3.8, 4) is 0 Å². The Morgan fingerprint density at radius 3 is 2.30 bits per heavy atom. The van der Waals surface area contributed by atoms with E-state index in [1.807, 2.05) is 0 Å². The van der Waals surface area contributed by atoms with Gasteiger partial charge in [-0.3, -0.25) is 0 Å². The molecule has 1 aromatic rings. The third-order valence-corrected chi connectivity index (χ3v) is 2.86.